The van der Waals surface area contributed by atoms with Gasteiger partial charge in [0.25, 0.3) is 0 Å². The molecule has 1 aromatic heterocycles. The minimum Gasteiger partial charge on any atom is -0.372 e. The molecule has 2 unspecified atom stereocenters. The molecule has 2 atom stereocenters. The van der Waals surface area contributed by atoms with E-state index in [1.165, 1.54) is 12.3 Å². The second kappa shape index (κ2) is 7.15. The van der Waals surface area contributed by atoms with Gasteiger partial charge < -0.3 is 9.88 Å². The van der Waals surface area contributed by atoms with Crippen LogP contribution in [0.1, 0.15) is 24.7 Å². The predicted octanol–water partition coefficient (Wildman–Crippen LogP) is 4.60. The van der Waals surface area contributed by atoms with Crippen LogP contribution in [-0.2, 0) is 13.2 Å². The van der Waals surface area contributed by atoms with Crippen LogP contribution in [0.4, 0.5) is 13.2 Å². The van der Waals surface area contributed by atoms with Crippen LogP contribution in [0, 0.1) is 5.92 Å². The van der Waals surface area contributed by atoms with Crippen molar-refractivity contribution in [3.63, 3.8) is 0 Å². The SMILES string of the molecule is CCC1C=CNC(Cl)/C1=C/N=C\c1nc2cc(C(F)(F)F)ccc2n1C. The van der Waals surface area contributed by atoms with Crippen molar-refractivity contribution in [2.45, 2.75) is 25.0 Å². The molecule has 0 amide bonds. The molecule has 0 fully saturated rings. The molecule has 1 N–H and O–H groups in total. The zero-order valence-corrected chi connectivity index (χ0v) is 15.0. The molecule has 2 heterocycles. The topological polar surface area (TPSA) is 42.2 Å². The summed E-state index contributed by atoms with van der Waals surface area (Å²) in [6, 6.07) is 3.51. The summed E-state index contributed by atoms with van der Waals surface area (Å²) in [7, 11) is 1.74. The van der Waals surface area contributed by atoms with Crippen molar-refractivity contribution in [3.05, 3.63) is 53.6 Å². The van der Waals surface area contributed by atoms with Gasteiger partial charge in [-0.25, -0.2) is 4.98 Å². The van der Waals surface area contributed by atoms with Gasteiger partial charge in [-0.05, 0) is 36.4 Å². The largest absolute Gasteiger partial charge is 0.416 e. The third kappa shape index (κ3) is 3.62. The number of benzene rings is 1. The average molecular weight is 383 g/mol. The summed E-state index contributed by atoms with van der Waals surface area (Å²) in [6.45, 7) is 2.06. The summed E-state index contributed by atoms with van der Waals surface area (Å²) in [5, 5.41) is 3.01. The number of imidazole rings is 1. The molecule has 0 saturated carbocycles. The van der Waals surface area contributed by atoms with Gasteiger partial charge in [-0.2, -0.15) is 13.2 Å². The van der Waals surface area contributed by atoms with Gasteiger partial charge in [0.2, 0.25) is 0 Å². The minimum atomic E-state index is -4.39. The van der Waals surface area contributed by atoms with Crippen molar-refractivity contribution in [1.82, 2.24) is 14.9 Å². The van der Waals surface area contributed by atoms with Gasteiger partial charge in [-0.15, -0.1) is 0 Å². The molecule has 1 aromatic carbocycles. The van der Waals surface area contributed by atoms with Gasteiger partial charge in [0, 0.05) is 19.2 Å². The van der Waals surface area contributed by atoms with Crippen LogP contribution in [-0.4, -0.2) is 21.3 Å². The third-order valence-corrected chi connectivity index (χ3v) is 4.77. The molecule has 0 aliphatic carbocycles. The number of aliphatic imine (C=N–C) groups is 1. The lowest BCUT2D eigenvalue weighted by Gasteiger charge is -2.24. The minimum absolute atomic E-state index is 0.200. The van der Waals surface area contributed by atoms with E-state index in [0.717, 1.165) is 24.1 Å². The molecule has 0 spiro atoms. The van der Waals surface area contributed by atoms with E-state index in [9.17, 15) is 13.2 Å². The first kappa shape index (κ1) is 18.5. The van der Waals surface area contributed by atoms with E-state index in [1.807, 2.05) is 12.3 Å². The number of alkyl halides is 4. The fourth-order valence-electron chi connectivity index (χ4n) is 2.88. The summed E-state index contributed by atoms with van der Waals surface area (Å²) in [4.78, 5) is 8.54. The number of hydrogen-bond acceptors (Lipinski definition) is 3. The smallest absolute Gasteiger partial charge is 0.372 e. The summed E-state index contributed by atoms with van der Waals surface area (Å²) in [5.41, 5.74) is 0.767. The lowest BCUT2D eigenvalue weighted by Crippen LogP contribution is -2.28. The predicted molar refractivity (Wildman–Crippen MR) is 97.1 cm³/mol. The van der Waals surface area contributed by atoms with Gasteiger partial charge >= 0.3 is 6.18 Å². The van der Waals surface area contributed by atoms with E-state index >= 15 is 0 Å². The highest BCUT2D eigenvalue weighted by atomic mass is 35.5. The van der Waals surface area contributed by atoms with Crippen LogP contribution in [0.3, 0.4) is 0 Å². The summed E-state index contributed by atoms with van der Waals surface area (Å²) in [5.74, 6) is 0.667. The molecule has 1 aliphatic heterocycles. The van der Waals surface area contributed by atoms with E-state index in [0.29, 0.717) is 11.3 Å². The maximum atomic E-state index is 12.8. The van der Waals surface area contributed by atoms with Crippen molar-refractivity contribution in [2.75, 3.05) is 0 Å². The van der Waals surface area contributed by atoms with E-state index in [1.54, 1.807) is 17.8 Å². The molecule has 138 valence electrons. The van der Waals surface area contributed by atoms with Crippen LogP contribution in [0.15, 0.2) is 47.2 Å². The number of aryl methyl sites for hydroxylation is 1. The van der Waals surface area contributed by atoms with Crippen LogP contribution >= 0.6 is 11.6 Å². The highest BCUT2D eigenvalue weighted by Crippen LogP contribution is 2.31. The van der Waals surface area contributed by atoms with Crippen LogP contribution in [0.5, 0.6) is 0 Å². The molecule has 3 rings (SSSR count). The summed E-state index contributed by atoms with van der Waals surface area (Å²) >= 11 is 6.26. The lowest BCUT2D eigenvalue weighted by molar-refractivity contribution is -0.137. The maximum Gasteiger partial charge on any atom is 0.416 e. The first-order valence-corrected chi connectivity index (χ1v) is 8.58. The fraction of sp³-hybridized carbons (Fsp3) is 0.333. The molecule has 8 heteroatoms. The number of allylic oxidation sites excluding steroid dienone is 1. The third-order valence-electron chi connectivity index (χ3n) is 4.39. The summed E-state index contributed by atoms with van der Waals surface area (Å²) < 4.78 is 40.2. The summed E-state index contributed by atoms with van der Waals surface area (Å²) in [6.07, 6.45) is 3.56. The monoisotopic (exact) mass is 382 g/mol. The Hall–Kier alpha value is -2.28. The van der Waals surface area contributed by atoms with Gasteiger partial charge in [-0.1, -0.05) is 24.6 Å². The highest BCUT2D eigenvalue weighted by Gasteiger charge is 2.31. The highest BCUT2D eigenvalue weighted by molar-refractivity contribution is 6.22. The first-order chi connectivity index (χ1) is 12.3. The number of nitrogens with zero attached hydrogens (tertiary/aromatic N) is 3. The van der Waals surface area contributed by atoms with Crippen molar-refractivity contribution >= 4 is 28.8 Å². The maximum absolute atomic E-state index is 12.8. The standard InChI is InChI=1S/C18H18ClF3N4/c1-3-11-6-7-24-17(19)13(11)9-23-10-16-25-14-8-12(18(20,21)22)4-5-15(14)26(16)2/h4-11,17,24H,3H2,1-2H3/b13-9+,23-10-. The van der Waals surface area contributed by atoms with E-state index in [2.05, 4.69) is 22.2 Å². The Morgan fingerprint density at radius 3 is 2.85 bits per heavy atom. The molecule has 4 nitrogen and oxygen atoms in total. The molecule has 1 aliphatic rings. The second-order valence-electron chi connectivity index (χ2n) is 6.04. The molecule has 2 aromatic rings. The zero-order chi connectivity index (χ0) is 18.9. The first-order valence-electron chi connectivity index (χ1n) is 8.15. The van der Waals surface area contributed by atoms with Crippen LogP contribution < -0.4 is 5.32 Å². The Balaban J connectivity index is 1.91. The Bertz CT molecular complexity index is 896. The molecule has 0 saturated heterocycles. The molecule has 26 heavy (non-hydrogen) atoms. The Labute approximate surface area is 154 Å². The van der Waals surface area contributed by atoms with E-state index < -0.39 is 11.7 Å². The van der Waals surface area contributed by atoms with Gasteiger partial charge in [0.1, 0.15) is 5.50 Å². The number of nitrogens with one attached hydrogen (secondary N) is 1. The number of aromatic nitrogens is 2. The lowest BCUT2D eigenvalue weighted by atomic mass is 9.95. The Morgan fingerprint density at radius 2 is 2.15 bits per heavy atom. The molecular formula is C18H18ClF3N4. The number of rotatable bonds is 3. The number of halogens is 4. The van der Waals surface area contributed by atoms with E-state index in [-0.39, 0.29) is 16.9 Å². The number of fused-ring (bicyclic) bond motifs is 1. The zero-order valence-electron chi connectivity index (χ0n) is 14.3. The Morgan fingerprint density at radius 1 is 1.38 bits per heavy atom. The van der Waals surface area contributed by atoms with Crippen molar-refractivity contribution < 1.29 is 13.2 Å². The van der Waals surface area contributed by atoms with Crippen molar-refractivity contribution in [2.24, 2.45) is 18.0 Å². The molecule has 0 bridgehead atoms. The second-order valence-corrected chi connectivity index (χ2v) is 6.48. The quantitative estimate of drug-likeness (QED) is 0.479. The van der Waals surface area contributed by atoms with Gasteiger partial charge in [0.05, 0.1) is 22.8 Å². The van der Waals surface area contributed by atoms with Crippen molar-refractivity contribution in [3.8, 4) is 0 Å². The average Bonchev–Trinajstić information content (AvgIpc) is 2.91. The fourth-order valence-corrected chi connectivity index (χ4v) is 3.18. The Kier molecular flexibility index (Phi) is 5.09. The van der Waals surface area contributed by atoms with Crippen molar-refractivity contribution in [1.29, 1.82) is 0 Å². The van der Waals surface area contributed by atoms with Gasteiger partial charge in [-0.3, -0.25) is 4.99 Å². The van der Waals surface area contributed by atoms with Crippen LogP contribution in [0.25, 0.3) is 11.0 Å². The number of hydrogen-bond donors (Lipinski definition) is 1. The van der Waals surface area contributed by atoms with Crippen LogP contribution in [0.2, 0.25) is 0 Å². The molecular weight excluding hydrogens is 365 g/mol. The molecule has 0 radical (unpaired) electrons. The normalized spacial score (nSPS) is 22.5. The van der Waals surface area contributed by atoms with E-state index in [4.69, 9.17) is 11.6 Å². The van der Waals surface area contributed by atoms with Gasteiger partial charge in [0.15, 0.2) is 5.82 Å².